The molecule has 0 bridgehead atoms. The topological polar surface area (TPSA) is 90.3 Å². The van der Waals surface area contributed by atoms with Gasteiger partial charge in [-0.1, -0.05) is 25.1 Å². The summed E-state index contributed by atoms with van der Waals surface area (Å²) in [6, 6.07) is 7.12. The van der Waals surface area contributed by atoms with Gasteiger partial charge in [-0.2, -0.15) is 5.10 Å². The van der Waals surface area contributed by atoms with Crippen molar-refractivity contribution in [3.8, 4) is 0 Å². The average molecular weight is 426 g/mol. The fourth-order valence-corrected chi connectivity index (χ4v) is 5.22. The quantitative estimate of drug-likeness (QED) is 0.633. The number of carbonyl (C=O) groups is 2. The SMILES string of the molecule is CCOC(=O)c1c(NC(=O)Cn2ncc3ccccc3c2=O)sc2c1CCC(C)C2. The number of nitrogens with one attached hydrogen (secondary N) is 1. The number of hydrogen-bond acceptors (Lipinski definition) is 6. The molecule has 1 aliphatic carbocycles. The van der Waals surface area contributed by atoms with Gasteiger partial charge in [0.1, 0.15) is 11.5 Å². The molecule has 0 spiro atoms. The summed E-state index contributed by atoms with van der Waals surface area (Å²) in [5, 5.41) is 8.66. The molecule has 1 aromatic carbocycles. The van der Waals surface area contributed by atoms with Crippen LogP contribution in [0.25, 0.3) is 10.8 Å². The number of hydrogen-bond donors (Lipinski definition) is 1. The number of rotatable bonds is 5. The number of aromatic nitrogens is 2. The van der Waals surface area contributed by atoms with E-state index in [9.17, 15) is 14.4 Å². The maximum atomic E-state index is 12.7. The van der Waals surface area contributed by atoms with Crippen LogP contribution in [0.15, 0.2) is 35.3 Å². The van der Waals surface area contributed by atoms with Gasteiger partial charge in [-0.15, -0.1) is 11.3 Å². The summed E-state index contributed by atoms with van der Waals surface area (Å²) in [5.41, 5.74) is 1.11. The molecule has 0 fully saturated rings. The van der Waals surface area contributed by atoms with Crippen molar-refractivity contribution in [2.75, 3.05) is 11.9 Å². The monoisotopic (exact) mass is 425 g/mol. The second-order valence-corrected chi connectivity index (χ2v) is 8.62. The number of fused-ring (bicyclic) bond motifs is 2. The Morgan fingerprint density at radius 2 is 2.13 bits per heavy atom. The zero-order chi connectivity index (χ0) is 21.3. The van der Waals surface area contributed by atoms with E-state index in [-0.39, 0.29) is 18.7 Å². The Morgan fingerprint density at radius 3 is 2.93 bits per heavy atom. The molecule has 1 N–H and O–H groups in total. The molecule has 0 saturated heterocycles. The molecule has 30 heavy (non-hydrogen) atoms. The van der Waals surface area contributed by atoms with E-state index < -0.39 is 11.9 Å². The summed E-state index contributed by atoms with van der Waals surface area (Å²) in [6.45, 7) is 3.98. The van der Waals surface area contributed by atoms with Crippen molar-refractivity contribution >= 4 is 39.0 Å². The van der Waals surface area contributed by atoms with Crippen LogP contribution in [-0.2, 0) is 28.9 Å². The summed E-state index contributed by atoms with van der Waals surface area (Å²) in [6.07, 6.45) is 4.25. The van der Waals surface area contributed by atoms with Crippen LogP contribution in [0.2, 0.25) is 0 Å². The molecule has 0 aliphatic heterocycles. The summed E-state index contributed by atoms with van der Waals surface area (Å²) in [5.74, 6) is -0.284. The number of benzene rings is 1. The normalized spacial score (nSPS) is 15.6. The molecular weight excluding hydrogens is 402 g/mol. The van der Waals surface area contributed by atoms with Crippen molar-refractivity contribution < 1.29 is 14.3 Å². The standard InChI is InChI=1S/C22H23N3O4S/c1-3-29-22(28)19-16-9-8-13(2)10-17(16)30-20(19)24-18(26)12-25-21(27)15-7-5-4-6-14(15)11-23-25/h4-7,11,13H,3,8-10,12H2,1-2H3,(H,24,26). The van der Waals surface area contributed by atoms with Crippen LogP contribution in [0.3, 0.4) is 0 Å². The minimum atomic E-state index is -0.416. The van der Waals surface area contributed by atoms with Crippen molar-refractivity contribution in [2.24, 2.45) is 5.92 Å². The van der Waals surface area contributed by atoms with E-state index in [4.69, 9.17) is 4.74 Å². The van der Waals surface area contributed by atoms with Gasteiger partial charge in [-0.3, -0.25) is 9.59 Å². The van der Waals surface area contributed by atoms with E-state index in [0.29, 0.717) is 21.9 Å². The molecule has 1 unspecified atom stereocenters. The number of carbonyl (C=O) groups excluding carboxylic acids is 2. The molecule has 0 radical (unpaired) electrons. The molecule has 1 aliphatic rings. The predicted octanol–water partition coefficient (Wildman–Crippen LogP) is 3.40. The van der Waals surface area contributed by atoms with Gasteiger partial charge >= 0.3 is 5.97 Å². The van der Waals surface area contributed by atoms with E-state index in [1.165, 1.54) is 11.3 Å². The number of nitrogens with zero attached hydrogens (tertiary/aromatic N) is 2. The van der Waals surface area contributed by atoms with Gasteiger partial charge in [-0.25, -0.2) is 9.48 Å². The largest absolute Gasteiger partial charge is 0.462 e. The molecule has 2 aromatic heterocycles. The molecule has 3 aromatic rings. The highest BCUT2D eigenvalue weighted by atomic mass is 32.1. The van der Waals surface area contributed by atoms with Gasteiger partial charge in [0.05, 0.1) is 23.8 Å². The van der Waals surface area contributed by atoms with Crippen LogP contribution >= 0.6 is 11.3 Å². The van der Waals surface area contributed by atoms with E-state index in [1.807, 2.05) is 6.07 Å². The van der Waals surface area contributed by atoms with Crippen LogP contribution in [0.1, 0.15) is 41.1 Å². The van der Waals surface area contributed by atoms with Gasteiger partial charge in [0, 0.05) is 10.3 Å². The fourth-order valence-electron chi connectivity index (χ4n) is 3.80. The molecule has 1 amide bonds. The second kappa shape index (κ2) is 8.39. The van der Waals surface area contributed by atoms with E-state index >= 15 is 0 Å². The number of anilines is 1. The lowest BCUT2D eigenvalue weighted by atomic mass is 9.88. The summed E-state index contributed by atoms with van der Waals surface area (Å²) < 4.78 is 6.37. The molecule has 8 heteroatoms. The Hall–Kier alpha value is -3.00. The fraction of sp³-hybridized carbons (Fsp3) is 0.364. The Kier molecular flexibility index (Phi) is 5.67. The summed E-state index contributed by atoms with van der Waals surface area (Å²) in [7, 11) is 0. The highest BCUT2D eigenvalue weighted by Gasteiger charge is 2.29. The lowest BCUT2D eigenvalue weighted by Gasteiger charge is -2.18. The Bertz CT molecular complexity index is 1180. The Balaban J connectivity index is 1.61. The van der Waals surface area contributed by atoms with E-state index in [1.54, 1.807) is 31.3 Å². The van der Waals surface area contributed by atoms with Crippen molar-refractivity contribution in [1.29, 1.82) is 0 Å². The number of esters is 1. The molecule has 156 valence electrons. The molecule has 4 rings (SSSR count). The predicted molar refractivity (Wildman–Crippen MR) is 116 cm³/mol. The van der Waals surface area contributed by atoms with Gasteiger partial charge in [0.2, 0.25) is 5.91 Å². The first-order chi connectivity index (χ1) is 14.5. The minimum absolute atomic E-state index is 0.231. The maximum Gasteiger partial charge on any atom is 0.341 e. The van der Waals surface area contributed by atoms with Crippen LogP contribution in [0.4, 0.5) is 5.00 Å². The number of thiophene rings is 1. The molecule has 0 saturated carbocycles. The number of amides is 1. The van der Waals surface area contributed by atoms with Crippen LogP contribution < -0.4 is 10.9 Å². The maximum absolute atomic E-state index is 12.7. The molecule has 1 atom stereocenters. The number of ether oxygens (including phenoxy) is 1. The third-order valence-electron chi connectivity index (χ3n) is 5.30. The van der Waals surface area contributed by atoms with Crippen LogP contribution in [0.5, 0.6) is 0 Å². The molecule has 7 nitrogen and oxygen atoms in total. The van der Waals surface area contributed by atoms with Gasteiger partial charge in [-0.05, 0) is 43.7 Å². The first-order valence-electron chi connectivity index (χ1n) is 10.0. The zero-order valence-electron chi connectivity index (χ0n) is 16.9. The van der Waals surface area contributed by atoms with E-state index in [0.717, 1.165) is 39.8 Å². The lowest BCUT2D eigenvalue weighted by molar-refractivity contribution is -0.116. The van der Waals surface area contributed by atoms with E-state index in [2.05, 4.69) is 17.3 Å². The molecule has 2 heterocycles. The van der Waals surface area contributed by atoms with Crippen molar-refractivity contribution in [3.05, 3.63) is 56.8 Å². The van der Waals surface area contributed by atoms with Gasteiger partial charge < -0.3 is 10.1 Å². The Morgan fingerprint density at radius 1 is 1.33 bits per heavy atom. The van der Waals surface area contributed by atoms with Gasteiger partial charge in [0.25, 0.3) is 5.56 Å². The third-order valence-corrected chi connectivity index (χ3v) is 6.47. The highest BCUT2D eigenvalue weighted by Crippen LogP contribution is 2.40. The van der Waals surface area contributed by atoms with Crippen molar-refractivity contribution in [3.63, 3.8) is 0 Å². The smallest absolute Gasteiger partial charge is 0.341 e. The third kappa shape index (κ3) is 3.87. The summed E-state index contributed by atoms with van der Waals surface area (Å²) in [4.78, 5) is 39.0. The van der Waals surface area contributed by atoms with Crippen LogP contribution in [-0.4, -0.2) is 28.3 Å². The lowest BCUT2D eigenvalue weighted by Crippen LogP contribution is -2.29. The highest BCUT2D eigenvalue weighted by molar-refractivity contribution is 7.17. The van der Waals surface area contributed by atoms with Crippen molar-refractivity contribution in [1.82, 2.24) is 9.78 Å². The van der Waals surface area contributed by atoms with Crippen molar-refractivity contribution in [2.45, 2.75) is 39.7 Å². The average Bonchev–Trinajstić information content (AvgIpc) is 3.07. The van der Waals surface area contributed by atoms with Crippen LogP contribution in [0, 0.1) is 5.92 Å². The molecular formula is C22H23N3O4S. The Labute approximate surface area is 177 Å². The first-order valence-corrected chi connectivity index (χ1v) is 10.9. The zero-order valence-corrected chi connectivity index (χ0v) is 17.8. The first kappa shape index (κ1) is 20.3. The minimum Gasteiger partial charge on any atom is -0.462 e. The van der Waals surface area contributed by atoms with Gasteiger partial charge in [0.15, 0.2) is 0 Å². The second-order valence-electron chi connectivity index (χ2n) is 7.52. The summed E-state index contributed by atoms with van der Waals surface area (Å²) >= 11 is 1.42.